The van der Waals surface area contributed by atoms with Gasteiger partial charge in [-0.05, 0) is 43.4 Å². The molecule has 2 heterocycles. The number of hydrogen-bond donors (Lipinski definition) is 1. The first-order valence-corrected chi connectivity index (χ1v) is 12.2. The molecule has 2 aliphatic rings. The van der Waals surface area contributed by atoms with Gasteiger partial charge in [-0.3, -0.25) is 4.79 Å². The van der Waals surface area contributed by atoms with E-state index in [0.29, 0.717) is 37.6 Å². The molecule has 0 spiro atoms. The molecule has 0 radical (unpaired) electrons. The molecule has 3 aromatic rings. The van der Waals surface area contributed by atoms with Gasteiger partial charge in [0.1, 0.15) is 12.2 Å². The average molecular weight is 498 g/mol. The average Bonchev–Trinajstić information content (AvgIpc) is 3.35. The minimum Gasteiger partial charge on any atom is -0.486 e. The molecule has 1 amide bonds. The lowest BCUT2D eigenvalue weighted by atomic mass is 9.96. The van der Waals surface area contributed by atoms with E-state index < -0.39 is 6.61 Å². The third-order valence-corrected chi connectivity index (χ3v) is 6.76. The summed E-state index contributed by atoms with van der Waals surface area (Å²) < 4.78 is 36.6. The van der Waals surface area contributed by atoms with Gasteiger partial charge < -0.3 is 24.3 Å². The molecule has 1 aliphatic heterocycles. The first-order chi connectivity index (χ1) is 17.5. The van der Waals surface area contributed by atoms with Crippen LogP contribution in [0.25, 0.3) is 0 Å². The number of aromatic amines is 1. The van der Waals surface area contributed by atoms with Crippen LogP contribution in [0, 0.1) is 0 Å². The number of nitrogens with zero attached hydrogens (tertiary/aromatic N) is 4. The minimum atomic E-state index is -2.92. The van der Waals surface area contributed by atoms with Gasteiger partial charge in [0.25, 0.3) is 0 Å². The molecule has 190 valence electrons. The molecule has 2 fully saturated rings. The van der Waals surface area contributed by atoms with Gasteiger partial charge in [0, 0.05) is 31.4 Å². The number of rotatable bonds is 9. The maximum atomic E-state index is 13.2. The van der Waals surface area contributed by atoms with Gasteiger partial charge in [0.15, 0.2) is 11.5 Å². The molecule has 1 saturated carbocycles. The number of hydrogen-bond acceptors (Lipinski definition) is 6. The Bertz CT molecular complexity index is 1140. The summed E-state index contributed by atoms with van der Waals surface area (Å²) in [5, 5.41) is 7.72. The summed E-state index contributed by atoms with van der Waals surface area (Å²) in [4.78, 5) is 20.2. The van der Waals surface area contributed by atoms with Crippen molar-refractivity contribution in [2.45, 2.75) is 50.9 Å². The highest BCUT2D eigenvalue weighted by molar-refractivity contribution is 5.78. The second-order valence-electron chi connectivity index (χ2n) is 9.17. The number of H-pyrrole nitrogens is 1. The summed E-state index contributed by atoms with van der Waals surface area (Å²) in [6, 6.07) is 15.1. The van der Waals surface area contributed by atoms with Crippen LogP contribution in [-0.4, -0.2) is 64.4 Å². The summed E-state index contributed by atoms with van der Waals surface area (Å²) in [6.45, 7) is -1.20. The van der Waals surface area contributed by atoms with Crippen LogP contribution in [0.1, 0.15) is 30.7 Å². The predicted molar refractivity (Wildman–Crippen MR) is 129 cm³/mol. The number of halogens is 2. The minimum absolute atomic E-state index is 0.0120. The van der Waals surface area contributed by atoms with E-state index in [1.807, 2.05) is 23.1 Å². The Kier molecular flexibility index (Phi) is 7.29. The molecule has 5 rings (SSSR count). The lowest BCUT2D eigenvalue weighted by molar-refractivity contribution is -0.133. The predicted octanol–water partition coefficient (Wildman–Crippen LogP) is 3.84. The first kappa shape index (κ1) is 24.0. The monoisotopic (exact) mass is 497 g/mol. The summed E-state index contributed by atoms with van der Waals surface area (Å²) in [7, 11) is 0. The van der Waals surface area contributed by atoms with Crippen molar-refractivity contribution in [3.8, 4) is 11.5 Å². The van der Waals surface area contributed by atoms with Gasteiger partial charge in [0.2, 0.25) is 5.91 Å². The van der Waals surface area contributed by atoms with Gasteiger partial charge >= 0.3 is 6.61 Å². The van der Waals surface area contributed by atoms with Crippen molar-refractivity contribution in [2.24, 2.45) is 0 Å². The molecule has 1 atom stereocenters. The van der Waals surface area contributed by atoms with Crippen LogP contribution < -0.4 is 14.4 Å². The zero-order chi connectivity index (χ0) is 24.9. The Morgan fingerprint density at radius 2 is 1.94 bits per heavy atom. The van der Waals surface area contributed by atoms with E-state index >= 15 is 0 Å². The van der Waals surface area contributed by atoms with Crippen LogP contribution in [0.15, 0.2) is 54.9 Å². The molecule has 1 aliphatic carbocycles. The largest absolute Gasteiger partial charge is 0.486 e. The van der Waals surface area contributed by atoms with Gasteiger partial charge in [-0.1, -0.05) is 30.3 Å². The molecule has 1 N–H and O–H groups in total. The maximum absolute atomic E-state index is 13.2. The Morgan fingerprint density at radius 3 is 2.64 bits per heavy atom. The van der Waals surface area contributed by atoms with E-state index in [1.54, 1.807) is 18.2 Å². The molecule has 1 unspecified atom stereocenters. The molecule has 2 aromatic carbocycles. The van der Waals surface area contributed by atoms with Crippen molar-refractivity contribution >= 4 is 11.6 Å². The Labute approximate surface area is 208 Å². The Balaban J connectivity index is 1.36. The molecule has 36 heavy (non-hydrogen) atoms. The Hall–Kier alpha value is -3.69. The number of alkyl halides is 2. The quantitative estimate of drug-likeness (QED) is 0.484. The number of anilines is 1. The fraction of sp³-hybridized carbons (Fsp3) is 0.423. The van der Waals surface area contributed by atoms with E-state index in [1.165, 1.54) is 6.33 Å². The smallest absolute Gasteiger partial charge is 0.387 e. The highest BCUT2D eigenvalue weighted by Gasteiger charge is 2.32. The van der Waals surface area contributed by atoms with Gasteiger partial charge in [-0.2, -0.15) is 8.78 Å². The topological polar surface area (TPSA) is 83.6 Å². The molecule has 1 aromatic heterocycles. The second-order valence-corrected chi connectivity index (χ2v) is 9.17. The lowest BCUT2D eigenvalue weighted by Crippen LogP contribution is -2.56. The molecule has 8 nitrogen and oxygen atoms in total. The number of piperazine rings is 1. The van der Waals surface area contributed by atoms with E-state index in [2.05, 4.69) is 32.2 Å². The van der Waals surface area contributed by atoms with E-state index in [0.717, 1.165) is 30.5 Å². The van der Waals surface area contributed by atoms with Gasteiger partial charge in [-0.25, -0.2) is 0 Å². The molecule has 1 saturated heterocycles. The lowest BCUT2D eigenvalue weighted by Gasteiger charge is -2.43. The van der Waals surface area contributed by atoms with Crippen molar-refractivity contribution in [1.29, 1.82) is 0 Å². The molecular formula is C26H29F2N5O3. The van der Waals surface area contributed by atoms with Crippen LogP contribution in [0.5, 0.6) is 11.5 Å². The fourth-order valence-electron chi connectivity index (χ4n) is 4.69. The standard InChI is InChI=1S/C26H29F2N5O3/c27-26(28)36-22-10-9-19(14-23(22)35-21-7-4-8-21)32-11-12-33(25(34)15-24-29-17-30-31-24)20(16-32)13-18-5-2-1-3-6-18/h1-3,5-6,9-10,14,17,20-21,26H,4,7-8,11-13,15-16H2,(H,29,30,31). The van der Waals surface area contributed by atoms with Crippen molar-refractivity contribution in [2.75, 3.05) is 24.5 Å². The van der Waals surface area contributed by atoms with Crippen LogP contribution >= 0.6 is 0 Å². The number of ether oxygens (including phenoxy) is 2. The van der Waals surface area contributed by atoms with E-state index in [9.17, 15) is 13.6 Å². The Morgan fingerprint density at radius 1 is 1.11 bits per heavy atom. The van der Waals surface area contributed by atoms with Gasteiger partial charge in [0.05, 0.1) is 18.6 Å². The summed E-state index contributed by atoms with van der Waals surface area (Å²) in [5.74, 6) is 0.901. The number of benzene rings is 2. The van der Waals surface area contributed by atoms with Crippen LogP contribution in [0.3, 0.4) is 0 Å². The second kappa shape index (κ2) is 10.9. The third kappa shape index (κ3) is 5.75. The molecular weight excluding hydrogens is 468 g/mol. The number of aromatic nitrogens is 3. The number of nitrogens with one attached hydrogen (secondary N) is 1. The SMILES string of the molecule is O=C(Cc1nnc[nH]1)N1CCN(c2ccc(OC(F)F)c(OC3CCC3)c2)CC1Cc1ccccc1. The zero-order valence-corrected chi connectivity index (χ0v) is 19.9. The van der Waals surface area contributed by atoms with E-state index in [4.69, 9.17) is 9.47 Å². The summed E-state index contributed by atoms with van der Waals surface area (Å²) in [6.07, 6.45) is 5.22. The van der Waals surface area contributed by atoms with Gasteiger partial charge in [-0.15, -0.1) is 10.2 Å². The highest BCUT2D eigenvalue weighted by atomic mass is 19.3. The van der Waals surface area contributed by atoms with Crippen molar-refractivity contribution in [3.05, 3.63) is 66.2 Å². The number of carbonyl (C=O) groups is 1. The van der Waals surface area contributed by atoms with E-state index in [-0.39, 0.29) is 30.2 Å². The molecule has 10 heteroatoms. The van der Waals surface area contributed by atoms with Crippen molar-refractivity contribution in [1.82, 2.24) is 20.1 Å². The number of amides is 1. The normalized spacial score (nSPS) is 18.2. The summed E-state index contributed by atoms with van der Waals surface area (Å²) >= 11 is 0. The zero-order valence-electron chi connectivity index (χ0n) is 19.9. The highest BCUT2D eigenvalue weighted by Crippen LogP contribution is 2.37. The van der Waals surface area contributed by atoms with Crippen LogP contribution in [0.4, 0.5) is 14.5 Å². The first-order valence-electron chi connectivity index (χ1n) is 12.2. The van der Waals surface area contributed by atoms with Crippen LogP contribution in [0.2, 0.25) is 0 Å². The molecule has 0 bridgehead atoms. The maximum Gasteiger partial charge on any atom is 0.387 e. The van der Waals surface area contributed by atoms with Crippen LogP contribution in [-0.2, 0) is 17.6 Å². The van der Waals surface area contributed by atoms with Crippen molar-refractivity contribution in [3.63, 3.8) is 0 Å². The fourth-order valence-corrected chi connectivity index (χ4v) is 4.69. The number of carbonyl (C=O) groups excluding carboxylic acids is 1. The third-order valence-electron chi connectivity index (χ3n) is 6.76. The van der Waals surface area contributed by atoms with Crippen molar-refractivity contribution < 1.29 is 23.0 Å². The summed E-state index contributed by atoms with van der Waals surface area (Å²) in [5.41, 5.74) is 1.99.